The van der Waals surface area contributed by atoms with E-state index in [4.69, 9.17) is 4.99 Å². The fraction of sp³-hybridized carbons (Fsp3) is 0.435. The molecule has 2 aliphatic heterocycles. The number of nitrogens with one attached hydrogen (secondary N) is 1. The quantitative estimate of drug-likeness (QED) is 0.817. The van der Waals surface area contributed by atoms with Gasteiger partial charge in [-0.25, -0.2) is 13.4 Å². The van der Waals surface area contributed by atoms with Crippen LogP contribution in [0.15, 0.2) is 52.4 Å². The predicted molar refractivity (Wildman–Crippen MR) is 121 cm³/mol. The number of aliphatic imine (C=N–C) groups is 1. The van der Waals surface area contributed by atoms with Crippen LogP contribution in [0, 0.1) is 0 Å². The van der Waals surface area contributed by atoms with E-state index in [-0.39, 0.29) is 11.8 Å². The van der Waals surface area contributed by atoms with E-state index in [1.807, 2.05) is 12.1 Å². The molecule has 1 atom stereocenters. The SMILES string of the molecule is CCS(=O)(=O)c1ccc(N2CCN(C3=NC4CCCc5cccc(c54)N3)CC2)cc1. The van der Waals surface area contributed by atoms with Crippen LogP contribution in [0.1, 0.15) is 36.9 Å². The number of hydrogen-bond donors (Lipinski definition) is 1. The lowest BCUT2D eigenvalue weighted by atomic mass is 9.86. The number of rotatable bonds is 3. The molecule has 1 fully saturated rings. The molecule has 0 bridgehead atoms. The lowest BCUT2D eigenvalue weighted by molar-refractivity contribution is 0.379. The minimum Gasteiger partial charge on any atom is -0.368 e. The number of piperazine rings is 1. The van der Waals surface area contributed by atoms with Crippen LogP contribution in [0.4, 0.5) is 11.4 Å². The Morgan fingerprint density at radius 1 is 1.03 bits per heavy atom. The summed E-state index contributed by atoms with van der Waals surface area (Å²) in [6.07, 6.45) is 3.49. The van der Waals surface area contributed by atoms with E-state index >= 15 is 0 Å². The predicted octanol–water partition coefficient (Wildman–Crippen LogP) is 3.46. The second kappa shape index (κ2) is 7.61. The van der Waals surface area contributed by atoms with Crippen LogP contribution in [0.2, 0.25) is 0 Å². The molecular formula is C23H28N4O2S. The molecule has 7 heteroatoms. The highest BCUT2D eigenvalue weighted by Crippen LogP contribution is 2.40. The van der Waals surface area contributed by atoms with Crippen molar-refractivity contribution >= 4 is 27.2 Å². The Bertz CT molecular complexity index is 1070. The molecule has 1 aliphatic carbocycles. The van der Waals surface area contributed by atoms with Crippen LogP contribution in [0.25, 0.3) is 0 Å². The molecule has 3 aliphatic rings. The van der Waals surface area contributed by atoms with Gasteiger partial charge in [-0.3, -0.25) is 0 Å². The molecule has 0 aromatic heterocycles. The lowest BCUT2D eigenvalue weighted by Gasteiger charge is -2.40. The first-order valence-corrected chi connectivity index (χ1v) is 12.5. The molecule has 1 saturated heterocycles. The van der Waals surface area contributed by atoms with Crippen molar-refractivity contribution in [2.45, 2.75) is 37.1 Å². The number of sulfone groups is 1. The van der Waals surface area contributed by atoms with Crippen molar-refractivity contribution in [3.8, 4) is 0 Å². The largest absolute Gasteiger partial charge is 0.368 e. The van der Waals surface area contributed by atoms with E-state index < -0.39 is 9.84 Å². The summed E-state index contributed by atoms with van der Waals surface area (Å²) in [6, 6.07) is 14.1. The smallest absolute Gasteiger partial charge is 0.199 e. The van der Waals surface area contributed by atoms with E-state index in [0.29, 0.717) is 4.90 Å². The van der Waals surface area contributed by atoms with Gasteiger partial charge in [0.25, 0.3) is 0 Å². The van der Waals surface area contributed by atoms with Crippen LogP contribution >= 0.6 is 0 Å². The van der Waals surface area contributed by atoms with Gasteiger partial charge in [0.2, 0.25) is 0 Å². The van der Waals surface area contributed by atoms with Crippen molar-refractivity contribution in [3.63, 3.8) is 0 Å². The van der Waals surface area contributed by atoms with E-state index in [2.05, 4.69) is 33.3 Å². The van der Waals surface area contributed by atoms with Crippen LogP contribution in [-0.2, 0) is 16.3 Å². The average molecular weight is 425 g/mol. The second-order valence-corrected chi connectivity index (χ2v) is 10.5. The number of hydrogen-bond acceptors (Lipinski definition) is 6. The zero-order valence-corrected chi connectivity index (χ0v) is 18.2. The van der Waals surface area contributed by atoms with Gasteiger partial charge in [-0.15, -0.1) is 0 Å². The third-order valence-electron chi connectivity index (χ3n) is 6.50. The first kappa shape index (κ1) is 19.4. The first-order chi connectivity index (χ1) is 14.5. The summed E-state index contributed by atoms with van der Waals surface area (Å²) < 4.78 is 24.1. The van der Waals surface area contributed by atoms with Gasteiger partial charge in [0.1, 0.15) is 0 Å². The topological polar surface area (TPSA) is 65.0 Å². The minimum atomic E-state index is -3.15. The van der Waals surface area contributed by atoms with Gasteiger partial charge in [0.15, 0.2) is 15.8 Å². The molecular weight excluding hydrogens is 396 g/mol. The lowest BCUT2D eigenvalue weighted by Crippen LogP contribution is -2.51. The Balaban J connectivity index is 1.27. The van der Waals surface area contributed by atoms with Crippen molar-refractivity contribution in [1.29, 1.82) is 0 Å². The molecule has 5 rings (SSSR count). The zero-order chi connectivity index (χ0) is 20.7. The summed E-state index contributed by atoms with van der Waals surface area (Å²) in [4.78, 5) is 10.1. The Kier molecular flexibility index (Phi) is 4.93. The molecule has 0 spiro atoms. The van der Waals surface area contributed by atoms with Gasteiger partial charge in [-0.2, -0.15) is 0 Å². The first-order valence-electron chi connectivity index (χ1n) is 10.8. The Morgan fingerprint density at radius 3 is 2.50 bits per heavy atom. The minimum absolute atomic E-state index is 0.131. The molecule has 6 nitrogen and oxygen atoms in total. The molecule has 1 unspecified atom stereocenters. The molecule has 2 aromatic carbocycles. The molecule has 0 radical (unpaired) electrons. The van der Waals surface area contributed by atoms with E-state index in [0.717, 1.165) is 50.7 Å². The zero-order valence-electron chi connectivity index (χ0n) is 17.3. The summed E-state index contributed by atoms with van der Waals surface area (Å²) >= 11 is 0. The van der Waals surface area contributed by atoms with E-state index in [1.54, 1.807) is 19.1 Å². The van der Waals surface area contributed by atoms with E-state index in [1.165, 1.54) is 23.2 Å². The summed E-state index contributed by atoms with van der Waals surface area (Å²) in [6.45, 7) is 5.23. The third kappa shape index (κ3) is 3.45. The highest BCUT2D eigenvalue weighted by atomic mass is 32.2. The van der Waals surface area contributed by atoms with Gasteiger partial charge < -0.3 is 15.1 Å². The maximum Gasteiger partial charge on any atom is 0.199 e. The van der Waals surface area contributed by atoms with E-state index in [9.17, 15) is 8.42 Å². The van der Waals surface area contributed by atoms with Gasteiger partial charge >= 0.3 is 0 Å². The van der Waals surface area contributed by atoms with Crippen LogP contribution < -0.4 is 10.2 Å². The number of benzene rings is 2. The third-order valence-corrected chi connectivity index (χ3v) is 8.25. The van der Waals surface area contributed by atoms with Gasteiger partial charge in [-0.05, 0) is 55.2 Å². The van der Waals surface area contributed by atoms with Crippen LogP contribution in [0.5, 0.6) is 0 Å². The van der Waals surface area contributed by atoms with Crippen LogP contribution in [0.3, 0.4) is 0 Å². The summed E-state index contributed by atoms with van der Waals surface area (Å²) in [5.41, 5.74) is 5.13. The number of guanidine groups is 1. The highest BCUT2D eigenvalue weighted by molar-refractivity contribution is 7.91. The Hall–Kier alpha value is -2.54. The number of anilines is 2. The molecule has 30 heavy (non-hydrogen) atoms. The maximum absolute atomic E-state index is 12.0. The monoisotopic (exact) mass is 424 g/mol. The van der Waals surface area contributed by atoms with Crippen molar-refractivity contribution in [3.05, 3.63) is 53.6 Å². The summed E-state index contributed by atoms with van der Waals surface area (Å²) in [7, 11) is -3.15. The molecule has 1 N–H and O–H groups in total. The van der Waals surface area contributed by atoms with Gasteiger partial charge in [-0.1, -0.05) is 19.1 Å². The fourth-order valence-electron chi connectivity index (χ4n) is 4.76. The number of aryl methyl sites for hydroxylation is 1. The standard InChI is InChI=1S/C23H28N4O2S/c1-2-30(28,29)19-11-9-18(10-12-19)26-13-15-27(16-14-26)23-24-20-7-3-5-17-6-4-8-21(25-23)22(17)20/h3,5,7,9-12,21H,2,4,6,8,13-16H2,1H3,(H,24,25). The average Bonchev–Trinajstić information content (AvgIpc) is 2.79. The highest BCUT2D eigenvalue weighted by Gasteiger charge is 2.30. The van der Waals surface area contributed by atoms with Crippen molar-refractivity contribution in [2.24, 2.45) is 4.99 Å². The molecule has 0 saturated carbocycles. The molecule has 2 heterocycles. The Morgan fingerprint density at radius 2 is 1.77 bits per heavy atom. The van der Waals surface area contributed by atoms with Gasteiger partial charge in [0, 0.05) is 43.1 Å². The van der Waals surface area contributed by atoms with Crippen molar-refractivity contribution < 1.29 is 8.42 Å². The molecule has 158 valence electrons. The van der Waals surface area contributed by atoms with Gasteiger partial charge in [0.05, 0.1) is 16.7 Å². The molecule has 0 amide bonds. The summed E-state index contributed by atoms with van der Waals surface area (Å²) in [5, 5.41) is 3.58. The normalized spacial score (nSPS) is 21.0. The van der Waals surface area contributed by atoms with Crippen LogP contribution in [-0.4, -0.2) is 51.2 Å². The summed E-state index contributed by atoms with van der Waals surface area (Å²) in [5.74, 6) is 1.13. The van der Waals surface area contributed by atoms with Crippen molar-refractivity contribution in [2.75, 3.05) is 42.1 Å². The fourth-order valence-corrected chi connectivity index (χ4v) is 5.65. The van der Waals surface area contributed by atoms with Crippen molar-refractivity contribution in [1.82, 2.24) is 4.90 Å². The molecule has 2 aromatic rings. The Labute approximate surface area is 178 Å². The maximum atomic E-state index is 12.0. The second-order valence-electron chi connectivity index (χ2n) is 8.24. The number of nitrogens with zero attached hydrogens (tertiary/aromatic N) is 3.